The molecule has 0 bridgehead atoms. The molecule has 4 heteroatoms. The summed E-state index contributed by atoms with van der Waals surface area (Å²) < 4.78 is 28.4. The number of rotatable bonds is 3. The van der Waals surface area contributed by atoms with Gasteiger partial charge in [0.15, 0.2) is 0 Å². The Balaban J connectivity index is 2.29. The maximum Gasteiger partial charge on any atom is 0.387 e. The lowest BCUT2D eigenvalue weighted by atomic mass is 10.1. The molecular formula is C12H9F2NO. The zero-order valence-corrected chi connectivity index (χ0v) is 8.31. The van der Waals surface area contributed by atoms with Crippen molar-refractivity contribution in [1.29, 1.82) is 0 Å². The van der Waals surface area contributed by atoms with E-state index in [1.165, 1.54) is 6.07 Å². The van der Waals surface area contributed by atoms with Crippen molar-refractivity contribution in [1.82, 2.24) is 4.98 Å². The summed E-state index contributed by atoms with van der Waals surface area (Å²) in [5, 5.41) is 0. The van der Waals surface area contributed by atoms with Gasteiger partial charge in [-0.05, 0) is 23.8 Å². The van der Waals surface area contributed by atoms with Crippen LogP contribution in [0.3, 0.4) is 0 Å². The van der Waals surface area contributed by atoms with E-state index in [1.54, 1.807) is 30.6 Å². The molecule has 2 rings (SSSR count). The van der Waals surface area contributed by atoms with Crippen LogP contribution in [0.25, 0.3) is 11.1 Å². The van der Waals surface area contributed by atoms with Crippen LogP contribution in [-0.2, 0) is 0 Å². The zero-order valence-electron chi connectivity index (χ0n) is 8.31. The minimum Gasteiger partial charge on any atom is -0.435 e. The summed E-state index contributed by atoms with van der Waals surface area (Å²) in [7, 11) is 0. The summed E-state index contributed by atoms with van der Waals surface area (Å²) in [6, 6.07) is 10.2. The van der Waals surface area contributed by atoms with Crippen LogP contribution in [0.2, 0.25) is 0 Å². The van der Waals surface area contributed by atoms with Crippen LogP contribution in [0.5, 0.6) is 5.75 Å². The van der Waals surface area contributed by atoms with Crippen molar-refractivity contribution >= 4 is 0 Å². The molecule has 0 saturated heterocycles. The first-order valence-corrected chi connectivity index (χ1v) is 4.71. The van der Waals surface area contributed by atoms with Crippen molar-refractivity contribution < 1.29 is 13.5 Å². The molecule has 0 unspecified atom stereocenters. The highest BCUT2D eigenvalue weighted by molar-refractivity contribution is 5.63. The largest absolute Gasteiger partial charge is 0.435 e. The lowest BCUT2D eigenvalue weighted by Crippen LogP contribution is -2.01. The van der Waals surface area contributed by atoms with Gasteiger partial charge in [0, 0.05) is 18.0 Å². The molecule has 0 spiro atoms. The van der Waals surface area contributed by atoms with Gasteiger partial charge in [-0.15, -0.1) is 0 Å². The second-order valence-corrected chi connectivity index (χ2v) is 3.15. The molecule has 0 fully saturated rings. The minimum absolute atomic E-state index is 0.149. The summed E-state index contributed by atoms with van der Waals surface area (Å²) in [5.41, 5.74) is 1.66. The standard InChI is InChI=1S/C12H9F2NO/c13-12(14)16-11-5-1-3-9(7-11)10-4-2-6-15-8-10/h1-8,12H. The Morgan fingerprint density at radius 1 is 1.06 bits per heavy atom. The molecule has 0 saturated carbocycles. The minimum atomic E-state index is -2.80. The number of hydrogen-bond acceptors (Lipinski definition) is 2. The first-order valence-electron chi connectivity index (χ1n) is 4.71. The highest BCUT2D eigenvalue weighted by atomic mass is 19.3. The molecule has 16 heavy (non-hydrogen) atoms. The SMILES string of the molecule is FC(F)Oc1cccc(-c2cccnc2)c1. The van der Waals surface area contributed by atoms with Crippen molar-refractivity contribution in [3.63, 3.8) is 0 Å². The number of ether oxygens (including phenoxy) is 1. The first kappa shape index (κ1) is 10.5. The molecule has 1 aromatic carbocycles. The number of hydrogen-bond donors (Lipinski definition) is 0. The van der Waals surface area contributed by atoms with E-state index in [0.29, 0.717) is 0 Å². The monoisotopic (exact) mass is 221 g/mol. The van der Waals surface area contributed by atoms with Gasteiger partial charge in [-0.3, -0.25) is 4.98 Å². The Kier molecular flexibility index (Phi) is 3.10. The maximum absolute atomic E-state index is 12.0. The third-order valence-corrected chi connectivity index (χ3v) is 2.05. The van der Waals surface area contributed by atoms with Gasteiger partial charge in [0.1, 0.15) is 5.75 Å². The number of halogens is 2. The van der Waals surface area contributed by atoms with E-state index in [9.17, 15) is 8.78 Å². The van der Waals surface area contributed by atoms with Gasteiger partial charge >= 0.3 is 6.61 Å². The van der Waals surface area contributed by atoms with Crippen molar-refractivity contribution in [3.8, 4) is 16.9 Å². The Bertz CT molecular complexity index is 460. The lowest BCUT2D eigenvalue weighted by molar-refractivity contribution is -0.0498. The molecule has 0 radical (unpaired) electrons. The van der Waals surface area contributed by atoms with Gasteiger partial charge in [0.25, 0.3) is 0 Å². The van der Waals surface area contributed by atoms with E-state index >= 15 is 0 Å². The van der Waals surface area contributed by atoms with Gasteiger partial charge in [0.05, 0.1) is 0 Å². The number of nitrogens with zero attached hydrogens (tertiary/aromatic N) is 1. The van der Waals surface area contributed by atoms with Gasteiger partial charge in [0.2, 0.25) is 0 Å². The molecule has 2 nitrogen and oxygen atoms in total. The molecular weight excluding hydrogens is 212 g/mol. The van der Waals surface area contributed by atoms with Crippen LogP contribution < -0.4 is 4.74 Å². The van der Waals surface area contributed by atoms with Crippen LogP contribution in [0.4, 0.5) is 8.78 Å². The van der Waals surface area contributed by atoms with Crippen LogP contribution in [0, 0.1) is 0 Å². The third-order valence-electron chi connectivity index (χ3n) is 2.05. The number of pyridine rings is 1. The van der Waals surface area contributed by atoms with Crippen molar-refractivity contribution in [2.24, 2.45) is 0 Å². The molecule has 82 valence electrons. The number of aromatic nitrogens is 1. The van der Waals surface area contributed by atoms with E-state index in [2.05, 4.69) is 9.72 Å². The molecule has 0 aliphatic heterocycles. The summed E-state index contributed by atoms with van der Waals surface area (Å²) in [5.74, 6) is 0.149. The molecule has 0 atom stereocenters. The normalized spacial score (nSPS) is 10.4. The molecule has 0 amide bonds. The van der Waals surface area contributed by atoms with E-state index < -0.39 is 6.61 Å². The Morgan fingerprint density at radius 3 is 2.56 bits per heavy atom. The van der Waals surface area contributed by atoms with Gasteiger partial charge in [-0.25, -0.2) is 0 Å². The fourth-order valence-corrected chi connectivity index (χ4v) is 1.39. The van der Waals surface area contributed by atoms with E-state index in [1.807, 2.05) is 12.1 Å². The molecule has 0 N–H and O–H groups in total. The summed E-state index contributed by atoms with van der Waals surface area (Å²) in [6.07, 6.45) is 3.32. The van der Waals surface area contributed by atoms with Crippen molar-refractivity contribution in [3.05, 3.63) is 48.8 Å². The smallest absolute Gasteiger partial charge is 0.387 e. The van der Waals surface area contributed by atoms with Crippen molar-refractivity contribution in [2.75, 3.05) is 0 Å². The highest BCUT2D eigenvalue weighted by Crippen LogP contribution is 2.23. The number of benzene rings is 1. The van der Waals surface area contributed by atoms with Crippen LogP contribution in [0.1, 0.15) is 0 Å². The second kappa shape index (κ2) is 4.70. The molecule has 1 aromatic heterocycles. The Labute approximate surface area is 91.5 Å². The van der Waals surface area contributed by atoms with Gasteiger partial charge in [-0.1, -0.05) is 18.2 Å². The van der Waals surface area contributed by atoms with E-state index in [4.69, 9.17) is 0 Å². The average molecular weight is 221 g/mol. The van der Waals surface area contributed by atoms with Crippen LogP contribution in [0.15, 0.2) is 48.8 Å². The third kappa shape index (κ3) is 2.53. The van der Waals surface area contributed by atoms with Crippen LogP contribution >= 0.6 is 0 Å². The van der Waals surface area contributed by atoms with Crippen LogP contribution in [-0.4, -0.2) is 11.6 Å². The topological polar surface area (TPSA) is 22.1 Å². The summed E-state index contributed by atoms with van der Waals surface area (Å²) in [4.78, 5) is 3.96. The predicted octanol–water partition coefficient (Wildman–Crippen LogP) is 3.35. The van der Waals surface area contributed by atoms with Gasteiger partial charge < -0.3 is 4.74 Å². The molecule has 0 aliphatic carbocycles. The average Bonchev–Trinajstić information content (AvgIpc) is 2.30. The summed E-state index contributed by atoms with van der Waals surface area (Å²) in [6.45, 7) is -2.80. The van der Waals surface area contributed by atoms with Gasteiger partial charge in [-0.2, -0.15) is 8.78 Å². The molecule has 2 aromatic rings. The lowest BCUT2D eigenvalue weighted by Gasteiger charge is -2.06. The van der Waals surface area contributed by atoms with E-state index in [0.717, 1.165) is 11.1 Å². The highest BCUT2D eigenvalue weighted by Gasteiger charge is 2.05. The zero-order chi connectivity index (χ0) is 11.4. The fraction of sp³-hybridized carbons (Fsp3) is 0.0833. The second-order valence-electron chi connectivity index (χ2n) is 3.15. The quantitative estimate of drug-likeness (QED) is 0.792. The Morgan fingerprint density at radius 2 is 1.88 bits per heavy atom. The molecule has 0 aliphatic rings. The number of alkyl halides is 2. The maximum atomic E-state index is 12.0. The predicted molar refractivity (Wildman–Crippen MR) is 56.3 cm³/mol. The first-order chi connectivity index (χ1) is 7.75. The molecule has 1 heterocycles. The van der Waals surface area contributed by atoms with E-state index in [-0.39, 0.29) is 5.75 Å². The Hall–Kier alpha value is -1.97. The fourth-order valence-electron chi connectivity index (χ4n) is 1.39. The van der Waals surface area contributed by atoms with Crippen molar-refractivity contribution in [2.45, 2.75) is 6.61 Å². The summed E-state index contributed by atoms with van der Waals surface area (Å²) >= 11 is 0.